The first-order valence-electron chi connectivity index (χ1n) is 9.46. The lowest BCUT2D eigenvalue weighted by Gasteiger charge is -2.15. The van der Waals surface area contributed by atoms with Crippen LogP contribution in [0.2, 0.25) is 0 Å². The average molecular weight is 395 g/mol. The molecule has 0 spiro atoms. The van der Waals surface area contributed by atoms with Crippen molar-refractivity contribution >= 4 is 22.6 Å². The summed E-state index contributed by atoms with van der Waals surface area (Å²) in [6.45, 7) is 3.52. The zero-order chi connectivity index (χ0) is 21.0. The van der Waals surface area contributed by atoms with E-state index in [1.54, 1.807) is 11.7 Å². The first kappa shape index (κ1) is 20.4. The fraction of sp³-hybridized carbons (Fsp3) is 0.318. The van der Waals surface area contributed by atoms with Crippen molar-refractivity contribution in [3.63, 3.8) is 0 Å². The molecule has 0 aliphatic heterocycles. The molecule has 2 aromatic carbocycles. The van der Waals surface area contributed by atoms with Crippen molar-refractivity contribution in [2.24, 2.45) is 13.0 Å². The van der Waals surface area contributed by atoms with E-state index in [4.69, 9.17) is 4.74 Å². The van der Waals surface area contributed by atoms with E-state index in [9.17, 15) is 14.7 Å². The number of hydrogen-bond acceptors (Lipinski definition) is 4. The van der Waals surface area contributed by atoms with Crippen molar-refractivity contribution in [3.8, 4) is 5.75 Å². The number of nitrogens with zero attached hydrogens (tertiary/aromatic N) is 2. The average Bonchev–Trinajstić information content (AvgIpc) is 2.94. The van der Waals surface area contributed by atoms with Crippen LogP contribution in [0.25, 0.3) is 10.8 Å². The predicted octanol–water partition coefficient (Wildman–Crippen LogP) is 2.63. The van der Waals surface area contributed by atoms with Crippen LogP contribution in [0.15, 0.2) is 42.5 Å². The maximum Gasteiger partial charge on any atom is 0.308 e. The van der Waals surface area contributed by atoms with Crippen LogP contribution in [0.3, 0.4) is 0 Å². The Morgan fingerprint density at radius 3 is 2.59 bits per heavy atom. The van der Waals surface area contributed by atoms with E-state index in [-0.39, 0.29) is 19.1 Å². The molecule has 1 heterocycles. The molecule has 0 fully saturated rings. The molecule has 152 valence electrons. The van der Waals surface area contributed by atoms with Gasteiger partial charge in [-0.1, -0.05) is 42.5 Å². The Balaban J connectivity index is 1.60. The number of rotatable bonds is 8. The Hall–Kier alpha value is -3.35. The molecular formula is C22H25N3O4. The van der Waals surface area contributed by atoms with Gasteiger partial charge in [0.1, 0.15) is 5.69 Å². The molecule has 0 aliphatic rings. The summed E-state index contributed by atoms with van der Waals surface area (Å²) >= 11 is 0. The van der Waals surface area contributed by atoms with Gasteiger partial charge in [-0.3, -0.25) is 14.3 Å². The molecule has 0 saturated carbocycles. The van der Waals surface area contributed by atoms with Gasteiger partial charge in [0.25, 0.3) is 5.91 Å². The predicted molar refractivity (Wildman–Crippen MR) is 110 cm³/mol. The normalized spacial score (nSPS) is 12.0. The molecule has 3 rings (SSSR count). The van der Waals surface area contributed by atoms with Gasteiger partial charge in [-0.05, 0) is 36.6 Å². The minimum Gasteiger partial charge on any atom is -0.481 e. The van der Waals surface area contributed by atoms with Gasteiger partial charge in [0.2, 0.25) is 0 Å². The molecule has 0 saturated heterocycles. The summed E-state index contributed by atoms with van der Waals surface area (Å²) in [7, 11) is 1.81. The molecule has 1 aromatic heterocycles. The molecule has 0 bridgehead atoms. The van der Waals surface area contributed by atoms with E-state index in [0.29, 0.717) is 17.9 Å². The Morgan fingerprint density at radius 1 is 1.17 bits per heavy atom. The molecule has 0 aliphatic carbocycles. The number of aryl methyl sites for hydroxylation is 2. The zero-order valence-electron chi connectivity index (χ0n) is 16.8. The number of amides is 1. The van der Waals surface area contributed by atoms with Gasteiger partial charge in [0, 0.05) is 13.6 Å². The van der Waals surface area contributed by atoms with Crippen molar-refractivity contribution in [1.29, 1.82) is 0 Å². The van der Waals surface area contributed by atoms with Gasteiger partial charge in [-0.25, -0.2) is 0 Å². The molecule has 7 nitrogen and oxygen atoms in total. The summed E-state index contributed by atoms with van der Waals surface area (Å²) in [6, 6.07) is 13.7. The van der Waals surface area contributed by atoms with Crippen molar-refractivity contribution in [1.82, 2.24) is 15.1 Å². The largest absolute Gasteiger partial charge is 0.481 e. The number of benzene rings is 2. The highest BCUT2D eigenvalue weighted by atomic mass is 16.5. The summed E-state index contributed by atoms with van der Waals surface area (Å²) in [5.41, 5.74) is 2.48. The molecule has 1 unspecified atom stereocenters. The van der Waals surface area contributed by atoms with Crippen molar-refractivity contribution in [2.75, 3.05) is 13.2 Å². The first-order chi connectivity index (χ1) is 13.9. The molecule has 0 radical (unpaired) electrons. The van der Waals surface area contributed by atoms with Gasteiger partial charge in [0.05, 0.1) is 11.6 Å². The molecule has 29 heavy (non-hydrogen) atoms. The molecule has 7 heteroatoms. The zero-order valence-corrected chi connectivity index (χ0v) is 16.8. The van der Waals surface area contributed by atoms with Crippen LogP contribution in [-0.2, 0) is 23.1 Å². The number of aliphatic carboxylic acids is 1. The van der Waals surface area contributed by atoms with Crippen molar-refractivity contribution in [3.05, 3.63) is 59.4 Å². The summed E-state index contributed by atoms with van der Waals surface area (Å²) in [6.07, 6.45) is 0.332. The first-order valence-corrected chi connectivity index (χ1v) is 9.46. The lowest BCUT2D eigenvalue weighted by atomic mass is 9.95. The van der Waals surface area contributed by atoms with E-state index >= 15 is 0 Å². The van der Waals surface area contributed by atoms with Gasteiger partial charge in [-0.2, -0.15) is 5.10 Å². The van der Waals surface area contributed by atoms with Gasteiger partial charge in [-0.15, -0.1) is 0 Å². The number of nitrogens with one attached hydrogen (secondary N) is 1. The number of fused-ring (bicyclic) bond motifs is 1. The van der Waals surface area contributed by atoms with Crippen LogP contribution in [0, 0.1) is 19.8 Å². The highest BCUT2D eigenvalue weighted by Crippen LogP contribution is 2.22. The summed E-state index contributed by atoms with van der Waals surface area (Å²) < 4.78 is 7.26. The Kier molecular flexibility index (Phi) is 6.16. The standard InChI is InChI=1S/C22H25N3O4/c1-14-21(15(2)25(3)24-14)29-13-20(26)23-12-18(22(27)28)11-17-9-6-8-16-7-4-5-10-19(16)17/h4-10,18H,11-13H2,1-3H3,(H,23,26)(H,27,28). The molecular weight excluding hydrogens is 370 g/mol. The Morgan fingerprint density at radius 2 is 1.90 bits per heavy atom. The Labute approximate surface area is 169 Å². The van der Waals surface area contributed by atoms with Gasteiger partial charge < -0.3 is 15.2 Å². The number of aromatic nitrogens is 2. The monoisotopic (exact) mass is 395 g/mol. The number of carbonyl (C=O) groups is 2. The van der Waals surface area contributed by atoms with E-state index in [2.05, 4.69) is 10.4 Å². The quantitative estimate of drug-likeness (QED) is 0.612. The number of carboxylic acid groups (broad SMARTS) is 1. The minimum absolute atomic E-state index is 0.0335. The molecule has 1 amide bonds. The summed E-state index contributed by atoms with van der Waals surface area (Å²) in [5, 5.41) is 18.6. The van der Waals surface area contributed by atoms with Crippen LogP contribution in [0.4, 0.5) is 0 Å². The van der Waals surface area contributed by atoms with Gasteiger partial charge in [0.15, 0.2) is 12.4 Å². The van der Waals surface area contributed by atoms with Crippen LogP contribution < -0.4 is 10.1 Å². The topological polar surface area (TPSA) is 93.5 Å². The second-order valence-corrected chi connectivity index (χ2v) is 7.09. The molecule has 2 N–H and O–H groups in total. The molecule has 3 aromatic rings. The van der Waals surface area contributed by atoms with Crippen LogP contribution in [0.1, 0.15) is 17.0 Å². The summed E-state index contributed by atoms with van der Waals surface area (Å²) in [5.74, 6) is -1.46. The van der Waals surface area contributed by atoms with Crippen molar-refractivity contribution in [2.45, 2.75) is 20.3 Å². The second kappa shape index (κ2) is 8.77. The summed E-state index contributed by atoms with van der Waals surface area (Å²) in [4.78, 5) is 23.9. The highest BCUT2D eigenvalue weighted by molar-refractivity contribution is 5.86. The van der Waals surface area contributed by atoms with E-state index in [1.165, 1.54) is 0 Å². The highest BCUT2D eigenvalue weighted by Gasteiger charge is 2.20. The van der Waals surface area contributed by atoms with E-state index < -0.39 is 11.9 Å². The fourth-order valence-corrected chi connectivity index (χ4v) is 3.37. The number of hydrogen-bond donors (Lipinski definition) is 2. The smallest absolute Gasteiger partial charge is 0.308 e. The fourth-order valence-electron chi connectivity index (χ4n) is 3.37. The maximum absolute atomic E-state index is 12.2. The van der Waals surface area contributed by atoms with E-state index in [1.807, 2.05) is 56.3 Å². The third-order valence-electron chi connectivity index (χ3n) is 5.03. The number of ether oxygens (including phenoxy) is 1. The van der Waals surface area contributed by atoms with Crippen LogP contribution in [0.5, 0.6) is 5.75 Å². The molecule has 1 atom stereocenters. The van der Waals surface area contributed by atoms with E-state index in [0.717, 1.165) is 22.0 Å². The van der Waals surface area contributed by atoms with Crippen LogP contribution in [-0.4, -0.2) is 39.9 Å². The third kappa shape index (κ3) is 4.74. The number of carbonyl (C=O) groups excluding carboxylic acids is 1. The lowest BCUT2D eigenvalue weighted by Crippen LogP contribution is -2.36. The number of carboxylic acids is 1. The van der Waals surface area contributed by atoms with Crippen LogP contribution >= 0.6 is 0 Å². The third-order valence-corrected chi connectivity index (χ3v) is 5.03. The van der Waals surface area contributed by atoms with Crippen molar-refractivity contribution < 1.29 is 19.4 Å². The maximum atomic E-state index is 12.2. The SMILES string of the molecule is Cc1nn(C)c(C)c1OCC(=O)NCC(Cc1cccc2ccccc12)C(=O)O. The second-order valence-electron chi connectivity index (χ2n) is 7.09. The minimum atomic E-state index is -0.946. The van der Waals surface area contributed by atoms with Gasteiger partial charge >= 0.3 is 5.97 Å². The lowest BCUT2D eigenvalue weighted by molar-refractivity contribution is -0.141. The Bertz CT molecular complexity index is 1040.